The van der Waals surface area contributed by atoms with Gasteiger partial charge in [0.05, 0.1) is 24.4 Å². The third-order valence-corrected chi connectivity index (χ3v) is 4.42. The zero-order valence-electron chi connectivity index (χ0n) is 13.4. The minimum atomic E-state index is -0.369. The first-order valence-electron chi connectivity index (χ1n) is 7.83. The fourth-order valence-corrected chi connectivity index (χ4v) is 3.24. The van der Waals surface area contributed by atoms with Crippen molar-refractivity contribution in [2.24, 2.45) is 0 Å². The zero-order chi connectivity index (χ0) is 15.3. The summed E-state index contributed by atoms with van der Waals surface area (Å²) in [5.74, 6) is 0. The highest BCUT2D eigenvalue weighted by Crippen LogP contribution is 2.25. The van der Waals surface area contributed by atoms with Crippen LogP contribution in [0, 0.1) is 0 Å². The van der Waals surface area contributed by atoms with Gasteiger partial charge in [-0.05, 0) is 32.9 Å². The molecule has 3 unspecified atom stereocenters. The molecule has 0 spiro atoms. The normalized spacial score (nSPS) is 26.5. The van der Waals surface area contributed by atoms with E-state index in [1.807, 2.05) is 25.2 Å². The zero-order valence-corrected chi connectivity index (χ0v) is 13.4. The SMILES string of the molecule is CNC(CO)(CCN1CC(C)OC(C)C1)c1ccccc1. The number of hydrogen-bond donors (Lipinski definition) is 2. The average molecular weight is 292 g/mol. The smallest absolute Gasteiger partial charge is 0.0678 e. The average Bonchev–Trinajstić information content (AvgIpc) is 2.49. The van der Waals surface area contributed by atoms with Gasteiger partial charge in [0.1, 0.15) is 0 Å². The summed E-state index contributed by atoms with van der Waals surface area (Å²) in [5.41, 5.74) is 0.774. The van der Waals surface area contributed by atoms with Gasteiger partial charge in [-0.2, -0.15) is 0 Å². The standard InChI is InChI=1S/C17H28N2O2/c1-14-11-19(12-15(2)21-14)10-9-17(13-20,18-3)16-7-5-4-6-8-16/h4-8,14-15,18,20H,9-13H2,1-3H3. The second kappa shape index (κ2) is 7.36. The number of likely N-dealkylation sites (N-methyl/N-ethyl adjacent to an activating group) is 1. The van der Waals surface area contributed by atoms with Crippen LogP contribution < -0.4 is 5.32 Å². The van der Waals surface area contributed by atoms with Gasteiger partial charge in [-0.15, -0.1) is 0 Å². The van der Waals surface area contributed by atoms with Gasteiger partial charge < -0.3 is 15.2 Å². The number of benzene rings is 1. The monoisotopic (exact) mass is 292 g/mol. The Hall–Kier alpha value is -0.940. The van der Waals surface area contributed by atoms with Crippen molar-refractivity contribution in [3.63, 3.8) is 0 Å². The lowest BCUT2D eigenvalue weighted by Gasteiger charge is -2.39. The van der Waals surface area contributed by atoms with Crippen LogP contribution in [0.3, 0.4) is 0 Å². The van der Waals surface area contributed by atoms with E-state index >= 15 is 0 Å². The van der Waals surface area contributed by atoms with Crippen molar-refractivity contribution in [2.45, 2.75) is 38.0 Å². The van der Waals surface area contributed by atoms with Gasteiger partial charge in [0.15, 0.2) is 0 Å². The fraction of sp³-hybridized carbons (Fsp3) is 0.647. The Morgan fingerprint density at radius 3 is 2.38 bits per heavy atom. The second-order valence-electron chi connectivity index (χ2n) is 6.12. The van der Waals surface area contributed by atoms with Gasteiger partial charge in [0, 0.05) is 19.6 Å². The third kappa shape index (κ3) is 4.04. The third-order valence-electron chi connectivity index (χ3n) is 4.42. The number of morpholine rings is 1. The number of aliphatic hydroxyl groups excluding tert-OH is 1. The minimum Gasteiger partial charge on any atom is -0.394 e. The molecule has 0 aliphatic carbocycles. The molecular weight excluding hydrogens is 264 g/mol. The maximum atomic E-state index is 9.96. The van der Waals surface area contributed by atoms with Crippen LogP contribution >= 0.6 is 0 Å². The van der Waals surface area contributed by atoms with E-state index in [4.69, 9.17) is 4.74 Å². The van der Waals surface area contributed by atoms with E-state index < -0.39 is 0 Å². The predicted molar refractivity (Wildman–Crippen MR) is 85.3 cm³/mol. The summed E-state index contributed by atoms with van der Waals surface area (Å²) in [5, 5.41) is 13.3. The second-order valence-corrected chi connectivity index (χ2v) is 6.12. The van der Waals surface area contributed by atoms with Crippen LogP contribution in [0.5, 0.6) is 0 Å². The Morgan fingerprint density at radius 2 is 1.86 bits per heavy atom. The van der Waals surface area contributed by atoms with Crippen LogP contribution in [0.2, 0.25) is 0 Å². The molecule has 2 N–H and O–H groups in total. The molecular formula is C17H28N2O2. The molecule has 4 heteroatoms. The molecule has 1 aliphatic heterocycles. The first-order chi connectivity index (χ1) is 10.1. The number of aliphatic hydroxyl groups is 1. The topological polar surface area (TPSA) is 44.7 Å². The lowest BCUT2D eigenvalue weighted by Crippen LogP contribution is -2.50. The van der Waals surface area contributed by atoms with Crippen molar-refractivity contribution in [3.05, 3.63) is 35.9 Å². The Morgan fingerprint density at radius 1 is 1.24 bits per heavy atom. The molecule has 0 radical (unpaired) electrons. The summed E-state index contributed by atoms with van der Waals surface area (Å²) in [4.78, 5) is 2.43. The molecule has 0 aromatic heterocycles. The molecule has 0 bridgehead atoms. The molecule has 21 heavy (non-hydrogen) atoms. The minimum absolute atomic E-state index is 0.100. The number of hydrogen-bond acceptors (Lipinski definition) is 4. The van der Waals surface area contributed by atoms with Crippen molar-refractivity contribution in [1.29, 1.82) is 0 Å². The Bertz CT molecular complexity index is 410. The van der Waals surface area contributed by atoms with Crippen LogP contribution in [-0.4, -0.2) is 55.5 Å². The van der Waals surface area contributed by atoms with Crippen molar-refractivity contribution in [2.75, 3.05) is 33.3 Å². The van der Waals surface area contributed by atoms with E-state index in [9.17, 15) is 5.11 Å². The van der Waals surface area contributed by atoms with Gasteiger partial charge in [0.25, 0.3) is 0 Å². The first kappa shape index (κ1) is 16.4. The molecule has 1 aliphatic rings. The van der Waals surface area contributed by atoms with Crippen LogP contribution in [0.15, 0.2) is 30.3 Å². The number of ether oxygens (including phenoxy) is 1. The predicted octanol–water partition coefficient (Wildman–Crippen LogP) is 1.59. The number of rotatable bonds is 6. The molecule has 1 aromatic carbocycles. The van der Waals surface area contributed by atoms with Crippen LogP contribution in [0.25, 0.3) is 0 Å². The molecule has 0 amide bonds. The van der Waals surface area contributed by atoms with Crippen LogP contribution in [0.1, 0.15) is 25.8 Å². The summed E-state index contributed by atoms with van der Waals surface area (Å²) in [6, 6.07) is 10.2. The van der Waals surface area contributed by atoms with Gasteiger partial charge in [0.2, 0.25) is 0 Å². The van der Waals surface area contributed by atoms with Crippen molar-refractivity contribution in [3.8, 4) is 0 Å². The summed E-state index contributed by atoms with van der Waals surface area (Å²) in [6.45, 7) is 7.22. The maximum absolute atomic E-state index is 9.96. The lowest BCUT2D eigenvalue weighted by atomic mass is 9.87. The number of nitrogens with zero attached hydrogens (tertiary/aromatic N) is 1. The summed E-state index contributed by atoms with van der Waals surface area (Å²) < 4.78 is 5.78. The van der Waals surface area contributed by atoms with E-state index in [1.54, 1.807) is 0 Å². The van der Waals surface area contributed by atoms with E-state index in [1.165, 1.54) is 0 Å². The molecule has 1 aromatic rings. The summed E-state index contributed by atoms with van der Waals surface area (Å²) >= 11 is 0. The Kier molecular flexibility index (Phi) is 5.76. The lowest BCUT2D eigenvalue weighted by molar-refractivity contribution is -0.0702. The number of nitrogens with one attached hydrogen (secondary N) is 1. The molecule has 0 saturated carbocycles. The molecule has 4 nitrogen and oxygen atoms in total. The van der Waals surface area contributed by atoms with Gasteiger partial charge in [-0.1, -0.05) is 30.3 Å². The fourth-order valence-electron chi connectivity index (χ4n) is 3.24. The van der Waals surface area contributed by atoms with Crippen molar-refractivity contribution < 1.29 is 9.84 Å². The highest BCUT2D eigenvalue weighted by molar-refractivity contribution is 5.24. The highest BCUT2D eigenvalue weighted by atomic mass is 16.5. The van der Waals surface area contributed by atoms with Gasteiger partial charge in [-0.25, -0.2) is 0 Å². The quantitative estimate of drug-likeness (QED) is 0.836. The molecule has 2 rings (SSSR count). The molecule has 1 saturated heterocycles. The van der Waals surface area contributed by atoms with E-state index in [-0.39, 0.29) is 24.4 Å². The molecule has 118 valence electrons. The molecule has 3 atom stereocenters. The summed E-state index contributed by atoms with van der Waals surface area (Å²) in [7, 11) is 1.92. The van der Waals surface area contributed by atoms with E-state index in [2.05, 4.69) is 36.2 Å². The first-order valence-corrected chi connectivity index (χ1v) is 7.83. The molecule has 1 heterocycles. The van der Waals surface area contributed by atoms with Crippen molar-refractivity contribution >= 4 is 0 Å². The van der Waals surface area contributed by atoms with E-state index in [0.717, 1.165) is 31.6 Å². The Balaban J connectivity index is 2.03. The summed E-state index contributed by atoms with van der Waals surface area (Å²) in [6.07, 6.45) is 1.44. The largest absolute Gasteiger partial charge is 0.394 e. The molecule has 1 fully saturated rings. The van der Waals surface area contributed by atoms with Crippen molar-refractivity contribution in [1.82, 2.24) is 10.2 Å². The van der Waals surface area contributed by atoms with Gasteiger partial charge in [-0.3, -0.25) is 4.90 Å². The highest BCUT2D eigenvalue weighted by Gasteiger charge is 2.31. The maximum Gasteiger partial charge on any atom is 0.0678 e. The van der Waals surface area contributed by atoms with Crippen LogP contribution in [-0.2, 0) is 10.3 Å². The van der Waals surface area contributed by atoms with Gasteiger partial charge >= 0.3 is 0 Å². The van der Waals surface area contributed by atoms with Crippen LogP contribution in [0.4, 0.5) is 0 Å². The van der Waals surface area contributed by atoms with E-state index in [0.29, 0.717) is 0 Å². The Labute approximate surface area is 128 Å².